The second-order valence-electron chi connectivity index (χ2n) is 10.5. The summed E-state index contributed by atoms with van der Waals surface area (Å²) >= 11 is 0. The van der Waals surface area contributed by atoms with Gasteiger partial charge in [0.25, 0.3) is 0 Å². The minimum atomic E-state index is -0.813. The first-order chi connectivity index (χ1) is 19.5. The number of para-hydroxylation sites is 1. The van der Waals surface area contributed by atoms with E-state index >= 15 is 0 Å². The molecule has 0 spiro atoms. The average molecular weight is 540 g/mol. The second-order valence-corrected chi connectivity index (χ2v) is 10.5. The summed E-state index contributed by atoms with van der Waals surface area (Å²) in [5.74, 6) is -0.673. The number of hydrogen-bond donors (Lipinski definition) is 2. The van der Waals surface area contributed by atoms with Crippen LogP contribution in [0, 0.1) is 6.92 Å². The fourth-order valence-corrected chi connectivity index (χ4v) is 5.65. The van der Waals surface area contributed by atoms with Crippen molar-refractivity contribution in [2.45, 2.75) is 25.4 Å². The van der Waals surface area contributed by atoms with Crippen LogP contribution in [0.2, 0.25) is 0 Å². The molecule has 3 aromatic rings. The molecule has 3 amide bonds. The molecule has 8 heteroatoms. The van der Waals surface area contributed by atoms with Crippen molar-refractivity contribution >= 4 is 23.4 Å². The molecule has 1 unspecified atom stereocenters. The van der Waals surface area contributed by atoms with Crippen molar-refractivity contribution in [2.24, 2.45) is 0 Å². The Morgan fingerprint density at radius 1 is 0.850 bits per heavy atom. The Bertz CT molecular complexity index is 1270. The van der Waals surface area contributed by atoms with Crippen LogP contribution in [0.25, 0.3) is 0 Å². The van der Waals surface area contributed by atoms with Crippen LogP contribution in [0.15, 0.2) is 84.9 Å². The molecule has 5 rings (SSSR count). The molecular formula is C32H37N5O3. The van der Waals surface area contributed by atoms with E-state index in [0.29, 0.717) is 18.8 Å². The molecule has 2 aliphatic rings. The van der Waals surface area contributed by atoms with Crippen molar-refractivity contribution in [1.82, 2.24) is 20.0 Å². The van der Waals surface area contributed by atoms with Gasteiger partial charge >= 0.3 is 0 Å². The zero-order chi connectivity index (χ0) is 27.9. The molecule has 2 fully saturated rings. The van der Waals surface area contributed by atoms with Gasteiger partial charge in [0.15, 0.2) is 0 Å². The van der Waals surface area contributed by atoms with E-state index in [1.165, 1.54) is 11.1 Å². The van der Waals surface area contributed by atoms with E-state index in [2.05, 4.69) is 69.0 Å². The van der Waals surface area contributed by atoms with Gasteiger partial charge in [0.05, 0.1) is 19.0 Å². The monoisotopic (exact) mass is 539 g/mol. The summed E-state index contributed by atoms with van der Waals surface area (Å²) in [4.78, 5) is 45.2. The van der Waals surface area contributed by atoms with Crippen molar-refractivity contribution in [1.29, 1.82) is 0 Å². The predicted octanol–water partition coefficient (Wildman–Crippen LogP) is 3.06. The lowest BCUT2D eigenvalue weighted by atomic mass is 9.96. The van der Waals surface area contributed by atoms with Gasteiger partial charge < -0.3 is 15.5 Å². The zero-order valence-corrected chi connectivity index (χ0v) is 23.0. The summed E-state index contributed by atoms with van der Waals surface area (Å²) in [6, 6.07) is 27.9. The standard InChI is InChI=1S/C32H37N5O3/c1-24-10-8-9-15-27(24)34-29(38)22-28-32(40)33-16-17-37(28)30(39)23-35-18-20-36(21-19-35)31(25-11-4-2-5-12-25)26-13-6-3-7-14-26/h2-15,28,31H,16-23H2,1H3,(H,33,40)(H,34,38). The van der Waals surface area contributed by atoms with Gasteiger partial charge in [0, 0.05) is 45.0 Å². The smallest absolute Gasteiger partial charge is 0.243 e. The maximum atomic E-state index is 13.4. The number of carbonyl (C=O) groups is 3. The number of aryl methyl sites for hydroxylation is 1. The van der Waals surface area contributed by atoms with Crippen LogP contribution in [0.5, 0.6) is 0 Å². The molecule has 8 nitrogen and oxygen atoms in total. The molecule has 3 aromatic carbocycles. The molecule has 2 N–H and O–H groups in total. The van der Waals surface area contributed by atoms with Gasteiger partial charge in [-0.25, -0.2) is 0 Å². The number of carbonyl (C=O) groups excluding carboxylic acids is 3. The summed E-state index contributed by atoms with van der Waals surface area (Å²) in [6.07, 6.45) is -0.0739. The van der Waals surface area contributed by atoms with Crippen LogP contribution in [0.3, 0.4) is 0 Å². The Balaban J connectivity index is 1.20. The van der Waals surface area contributed by atoms with E-state index in [4.69, 9.17) is 0 Å². The first-order valence-electron chi connectivity index (χ1n) is 14.0. The lowest BCUT2D eigenvalue weighted by Crippen LogP contribution is -2.60. The molecule has 2 heterocycles. The minimum Gasteiger partial charge on any atom is -0.353 e. The third-order valence-corrected chi connectivity index (χ3v) is 7.81. The van der Waals surface area contributed by atoms with Gasteiger partial charge in [-0.1, -0.05) is 78.9 Å². The topological polar surface area (TPSA) is 85.0 Å². The average Bonchev–Trinajstić information content (AvgIpc) is 2.97. The number of amides is 3. The Labute approximate surface area is 236 Å². The third-order valence-electron chi connectivity index (χ3n) is 7.81. The maximum absolute atomic E-state index is 13.4. The molecule has 0 saturated carbocycles. The van der Waals surface area contributed by atoms with E-state index in [0.717, 1.165) is 31.7 Å². The molecule has 208 valence electrons. The van der Waals surface area contributed by atoms with Crippen LogP contribution < -0.4 is 10.6 Å². The maximum Gasteiger partial charge on any atom is 0.243 e. The van der Waals surface area contributed by atoms with Gasteiger partial charge in [0.1, 0.15) is 6.04 Å². The van der Waals surface area contributed by atoms with Gasteiger partial charge in [0.2, 0.25) is 17.7 Å². The lowest BCUT2D eigenvalue weighted by molar-refractivity contribution is -0.145. The number of hydrogen-bond acceptors (Lipinski definition) is 5. The highest BCUT2D eigenvalue weighted by Gasteiger charge is 2.36. The third kappa shape index (κ3) is 6.58. The molecule has 40 heavy (non-hydrogen) atoms. The van der Waals surface area contributed by atoms with E-state index in [1.54, 1.807) is 4.90 Å². The Morgan fingerprint density at radius 3 is 2.08 bits per heavy atom. The summed E-state index contributed by atoms with van der Waals surface area (Å²) in [6.45, 7) is 6.09. The Kier molecular flexibility index (Phi) is 8.88. The lowest BCUT2D eigenvalue weighted by Gasteiger charge is -2.41. The van der Waals surface area contributed by atoms with Crippen LogP contribution in [0.4, 0.5) is 5.69 Å². The quantitative estimate of drug-likeness (QED) is 0.460. The first-order valence-corrected chi connectivity index (χ1v) is 14.0. The van der Waals surface area contributed by atoms with Crippen molar-refractivity contribution in [2.75, 3.05) is 51.1 Å². The number of anilines is 1. The van der Waals surface area contributed by atoms with E-state index < -0.39 is 6.04 Å². The van der Waals surface area contributed by atoms with Crippen molar-refractivity contribution in [3.63, 3.8) is 0 Å². The highest BCUT2D eigenvalue weighted by atomic mass is 16.2. The molecule has 0 bridgehead atoms. The molecular weight excluding hydrogens is 502 g/mol. The highest BCUT2D eigenvalue weighted by Crippen LogP contribution is 2.29. The van der Waals surface area contributed by atoms with E-state index in [1.807, 2.05) is 43.3 Å². The van der Waals surface area contributed by atoms with Crippen molar-refractivity contribution in [3.8, 4) is 0 Å². The van der Waals surface area contributed by atoms with E-state index in [-0.39, 0.29) is 36.7 Å². The number of rotatable bonds is 8. The first kappa shape index (κ1) is 27.6. The fraction of sp³-hybridized carbons (Fsp3) is 0.344. The molecule has 0 aliphatic carbocycles. The normalized spacial score (nSPS) is 18.4. The Hall–Kier alpha value is -4.01. The van der Waals surface area contributed by atoms with Crippen LogP contribution in [-0.4, -0.2) is 84.3 Å². The number of benzene rings is 3. The molecule has 1 atom stereocenters. The second kappa shape index (κ2) is 12.9. The van der Waals surface area contributed by atoms with E-state index in [9.17, 15) is 14.4 Å². The molecule has 2 saturated heterocycles. The van der Waals surface area contributed by atoms with Crippen molar-refractivity contribution < 1.29 is 14.4 Å². The molecule has 0 aromatic heterocycles. The largest absolute Gasteiger partial charge is 0.353 e. The number of nitrogens with zero attached hydrogens (tertiary/aromatic N) is 3. The van der Waals surface area contributed by atoms with Crippen LogP contribution in [-0.2, 0) is 14.4 Å². The van der Waals surface area contributed by atoms with Gasteiger partial charge in [-0.3, -0.25) is 24.2 Å². The summed E-state index contributed by atoms with van der Waals surface area (Å²) in [5, 5.41) is 5.71. The van der Waals surface area contributed by atoms with Gasteiger partial charge in [-0.05, 0) is 29.7 Å². The van der Waals surface area contributed by atoms with Crippen LogP contribution >= 0.6 is 0 Å². The number of piperazine rings is 2. The number of nitrogens with one attached hydrogen (secondary N) is 2. The van der Waals surface area contributed by atoms with Crippen molar-refractivity contribution in [3.05, 3.63) is 102 Å². The SMILES string of the molecule is Cc1ccccc1NC(=O)CC1C(=O)NCCN1C(=O)CN1CCN(C(c2ccccc2)c2ccccc2)CC1. The summed E-state index contributed by atoms with van der Waals surface area (Å²) < 4.78 is 0. The zero-order valence-electron chi connectivity index (χ0n) is 23.0. The minimum absolute atomic E-state index is 0.0739. The predicted molar refractivity (Wildman–Crippen MR) is 156 cm³/mol. The fourth-order valence-electron chi connectivity index (χ4n) is 5.65. The Morgan fingerprint density at radius 2 is 1.45 bits per heavy atom. The van der Waals surface area contributed by atoms with Gasteiger partial charge in [-0.15, -0.1) is 0 Å². The molecule has 2 aliphatic heterocycles. The van der Waals surface area contributed by atoms with Gasteiger partial charge in [-0.2, -0.15) is 0 Å². The molecule has 0 radical (unpaired) electrons. The highest BCUT2D eigenvalue weighted by molar-refractivity contribution is 5.98. The summed E-state index contributed by atoms with van der Waals surface area (Å²) in [7, 11) is 0. The van der Waals surface area contributed by atoms with Crippen LogP contribution in [0.1, 0.15) is 29.2 Å². The summed E-state index contributed by atoms with van der Waals surface area (Å²) in [5.41, 5.74) is 4.16.